The van der Waals surface area contributed by atoms with Gasteiger partial charge in [-0.05, 0) is 44.5 Å². The molecule has 2 amide bonds. The Morgan fingerprint density at radius 3 is 2.43 bits per heavy atom. The van der Waals surface area contributed by atoms with Gasteiger partial charge in [0.05, 0.1) is 25.3 Å². The van der Waals surface area contributed by atoms with Gasteiger partial charge in [-0.2, -0.15) is 0 Å². The highest BCUT2D eigenvalue weighted by atomic mass is 16.5. The molecular weight excluding hydrogens is 384 g/mol. The van der Waals surface area contributed by atoms with E-state index in [9.17, 15) is 9.59 Å². The van der Waals surface area contributed by atoms with E-state index in [0.29, 0.717) is 40.7 Å². The highest BCUT2D eigenvalue weighted by molar-refractivity contribution is 6.08. The summed E-state index contributed by atoms with van der Waals surface area (Å²) in [6, 6.07) is 10.5. The average molecular weight is 412 g/mol. The number of methoxy groups -OCH3 is 2. The van der Waals surface area contributed by atoms with Crippen molar-refractivity contribution in [3.05, 3.63) is 42.0 Å². The third-order valence-corrected chi connectivity index (χ3v) is 5.02. The van der Waals surface area contributed by atoms with Crippen LogP contribution in [-0.2, 0) is 4.79 Å². The minimum atomic E-state index is -0.637. The van der Waals surface area contributed by atoms with E-state index in [1.807, 2.05) is 20.8 Å². The first-order valence-corrected chi connectivity index (χ1v) is 9.93. The molecule has 1 N–H and O–H groups in total. The van der Waals surface area contributed by atoms with Gasteiger partial charge in [0.1, 0.15) is 29.4 Å². The third-order valence-electron chi connectivity index (χ3n) is 5.02. The van der Waals surface area contributed by atoms with Crippen molar-refractivity contribution >= 4 is 23.2 Å². The van der Waals surface area contributed by atoms with Crippen molar-refractivity contribution in [3.63, 3.8) is 0 Å². The average Bonchev–Trinajstić information content (AvgIpc) is 2.83. The molecule has 1 aliphatic rings. The van der Waals surface area contributed by atoms with Gasteiger partial charge in [-0.25, -0.2) is 0 Å². The second kappa shape index (κ2) is 8.65. The van der Waals surface area contributed by atoms with Crippen molar-refractivity contribution in [1.82, 2.24) is 0 Å². The van der Waals surface area contributed by atoms with Crippen LogP contribution in [0.1, 0.15) is 37.6 Å². The number of carbonyl (C=O) groups is 2. The maximum absolute atomic E-state index is 13.0. The van der Waals surface area contributed by atoms with Crippen LogP contribution in [0, 0.1) is 5.41 Å². The van der Waals surface area contributed by atoms with E-state index in [0.717, 1.165) is 6.42 Å². The van der Waals surface area contributed by atoms with Gasteiger partial charge in [0.2, 0.25) is 5.91 Å². The van der Waals surface area contributed by atoms with E-state index in [-0.39, 0.29) is 18.4 Å². The van der Waals surface area contributed by atoms with Gasteiger partial charge in [-0.15, -0.1) is 0 Å². The number of hydrogen-bond acceptors (Lipinski definition) is 5. The maximum atomic E-state index is 13.0. The van der Waals surface area contributed by atoms with E-state index >= 15 is 0 Å². The molecule has 0 saturated carbocycles. The number of amides is 2. The Morgan fingerprint density at radius 2 is 1.83 bits per heavy atom. The lowest BCUT2D eigenvalue weighted by molar-refractivity contribution is -0.127. The quantitative estimate of drug-likeness (QED) is 0.772. The van der Waals surface area contributed by atoms with Crippen LogP contribution >= 0.6 is 0 Å². The monoisotopic (exact) mass is 412 g/mol. The zero-order valence-corrected chi connectivity index (χ0v) is 18.1. The summed E-state index contributed by atoms with van der Waals surface area (Å²) >= 11 is 0. The highest BCUT2D eigenvalue weighted by Gasteiger charge is 2.37. The molecule has 160 valence electrons. The number of carbonyl (C=O) groups excluding carboxylic acids is 2. The summed E-state index contributed by atoms with van der Waals surface area (Å²) in [5, 5.41) is 2.87. The molecule has 0 spiro atoms. The molecule has 30 heavy (non-hydrogen) atoms. The summed E-state index contributed by atoms with van der Waals surface area (Å²) in [6.45, 7) is 6.64. The summed E-state index contributed by atoms with van der Waals surface area (Å²) in [6.07, 6.45) is 0.827. The Bertz CT molecular complexity index is 932. The third kappa shape index (κ3) is 4.06. The topological polar surface area (TPSA) is 77.1 Å². The number of hydrogen-bond donors (Lipinski definition) is 1. The van der Waals surface area contributed by atoms with Crippen LogP contribution in [0.15, 0.2) is 36.4 Å². The van der Waals surface area contributed by atoms with E-state index in [4.69, 9.17) is 14.2 Å². The number of nitrogens with zero attached hydrogens (tertiary/aromatic N) is 1. The van der Waals surface area contributed by atoms with Crippen LogP contribution in [-0.4, -0.2) is 39.2 Å². The molecule has 2 aromatic rings. The molecule has 0 saturated heterocycles. The molecule has 0 aromatic heterocycles. The molecular formula is C23H28N2O5. The normalized spacial score (nSPS) is 15.0. The molecule has 1 aliphatic heterocycles. The first-order valence-electron chi connectivity index (χ1n) is 9.93. The number of nitrogens with one attached hydrogen (secondary N) is 1. The van der Waals surface area contributed by atoms with Crippen molar-refractivity contribution in [2.45, 2.75) is 27.2 Å². The molecule has 1 heterocycles. The summed E-state index contributed by atoms with van der Waals surface area (Å²) in [4.78, 5) is 27.7. The Morgan fingerprint density at radius 1 is 1.17 bits per heavy atom. The highest BCUT2D eigenvalue weighted by Crippen LogP contribution is 2.38. The maximum Gasteiger partial charge on any atom is 0.263 e. The van der Waals surface area contributed by atoms with Crippen LogP contribution in [0.4, 0.5) is 11.4 Å². The first-order chi connectivity index (χ1) is 14.3. The van der Waals surface area contributed by atoms with Crippen molar-refractivity contribution < 1.29 is 23.8 Å². The molecule has 7 heteroatoms. The van der Waals surface area contributed by atoms with Gasteiger partial charge < -0.3 is 24.4 Å². The molecule has 7 nitrogen and oxygen atoms in total. The summed E-state index contributed by atoms with van der Waals surface area (Å²) < 4.78 is 16.6. The van der Waals surface area contributed by atoms with E-state index in [2.05, 4.69) is 5.32 Å². The fourth-order valence-electron chi connectivity index (χ4n) is 3.44. The summed E-state index contributed by atoms with van der Waals surface area (Å²) in [5.41, 5.74) is 0.931. The van der Waals surface area contributed by atoms with Crippen molar-refractivity contribution in [2.24, 2.45) is 5.41 Å². The number of fused-ring (bicyclic) bond motifs is 1. The Labute approximate surface area is 176 Å². The molecule has 2 aromatic carbocycles. The van der Waals surface area contributed by atoms with Crippen LogP contribution in [0.2, 0.25) is 0 Å². The molecule has 0 aliphatic carbocycles. The standard InChI is InChI=1S/C23H28N2O5/c1-6-12-25-16-11-10-15(13-19(16)30-14-23(2,3)22(25)27)24-21(26)20-17(28-4)8-7-9-18(20)29-5/h7-11,13H,6,12,14H2,1-5H3,(H,24,26). The van der Waals surface area contributed by atoms with Crippen molar-refractivity contribution in [2.75, 3.05) is 37.6 Å². The van der Waals surface area contributed by atoms with Gasteiger partial charge >= 0.3 is 0 Å². The SMILES string of the molecule is CCCN1C(=O)C(C)(C)COc2cc(NC(=O)c3c(OC)cccc3OC)ccc21. The summed E-state index contributed by atoms with van der Waals surface area (Å²) in [7, 11) is 3.01. The van der Waals surface area contributed by atoms with E-state index in [1.165, 1.54) is 14.2 Å². The van der Waals surface area contributed by atoms with Gasteiger partial charge in [-0.1, -0.05) is 13.0 Å². The van der Waals surface area contributed by atoms with Crippen molar-refractivity contribution in [3.8, 4) is 17.2 Å². The number of rotatable bonds is 6. The molecule has 0 radical (unpaired) electrons. The fourth-order valence-corrected chi connectivity index (χ4v) is 3.44. The zero-order valence-electron chi connectivity index (χ0n) is 18.1. The van der Waals surface area contributed by atoms with Gasteiger partial charge in [0.15, 0.2) is 0 Å². The van der Waals surface area contributed by atoms with Gasteiger partial charge in [0.25, 0.3) is 5.91 Å². The van der Waals surface area contributed by atoms with Crippen LogP contribution < -0.4 is 24.4 Å². The second-order valence-corrected chi connectivity index (χ2v) is 7.80. The largest absolute Gasteiger partial charge is 0.496 e. The predicted octanol–water partition coefficient (Wildman–Crippen LogP) is 4.12. The Hall–Kier alpha value is -3.22. The van der Waals surface area contributed by atoms with E-state index in [1.54, 1.807) is 41.3 Å². The Balaban J connectivity index is 1.94. The molecule has 0 unspecified atom stereocenters. The molecule has 0 fully saturated rings. The van der Waals surface area contributed by atoms with Crippen molar-refractivity contribution in [1.29, 1.82) is 0 Å². The van der Waals surface area contributed by atoms with E-state index < -0.39 is 5.41 Å². The molecule has 0 bridgehead atoms. The summed E-state index contributed by atoms with van der Waals surface area (Å²) in [5.74, 6) is 1.06. The van der Waals surface area contributed by atoms with Crippen LogP contribution in [0.5, 0.6) is 17.2 Å². The number of benzene rings is 2. The molecule has 0 atom stereocenters. The smallest absolute Gasteiger partial charge is 0.263 e. The lowest BCUT2D eigenvalue weighted by atomic mass is 9.93. The van der Waals surface area contributed by atoms with Gasteiger partial charge in [0, 0.05) is 18.3 Å². The molecule has 3 rings (SSSR count). The minimum absolute atomic E-state index is 0.0265. The Kier molecular flexibility index (Phi) is 6.20. The van der Waals surface area contributed by atoms with Gasteiger partial charge in [-0.3, -0.25) is 9.59 Å². The first kappa shape index (κ1) is 21.5. The second-order valence-electron chi connectivity index (χ2n) is 7.80. The van der Waals surface area contributed by atoms with Crippen LogP contribution in [0.3, 0.4) is 0 Å². The fraction of sp³-hybridized carbons (Fsp3) is 0.391. The zero-order chi connectivity index (χ0) is 21.9. The number of anilines is 2. The lowest BCUT2D eigenvalue weighted by Crippen LogP contribution is -2.42. The minimum Gasteiger partial charge on any atom is -0.496 e. The lowest BCUT2D eigenvalue weighted by Gasteiger charge is -2.27. The predicted molar refractivity (Wildman–Crippen MR) is 116 cm³/mol. The van der Waals surface area contributed by atoms with Crippen LogP contribution in [0.25, 0.3) is 0 Å². The number of ether oxygens (including phenoxy) is 3.